The van der Waals surface area contributed by atoms with Crippen LogP contribution >= 0.6 is 11.8 Å². The zero-order valence-corrected chi connectivity index (χ0v) is 10.8. The summed E-state index contributed by atoms with van der Waals surface area (Å²) in [5.41, 5.74) is 2.10. The Bertz CT molecular complexity index is 477. The quantitative estimate of drug-likeness (QED) is 0.917. The number of nitrogens with one attached hydrogen (secondary N) is 1. The molecule has 2 aromatic rings. The van der Waals surface area contributed by atoms with Crippen LogP contribution in [0.15, 0.2) is 35.1 Å². The molecule has 0 bridgehead atoms. The number of benzene rings is 1. The minimum atomic E-state index is 0.564. The van der Waals surface area contributed by atoms with Crippen LogP contribution in [0.5, 0.6) is 0 Å². The van der Waals surface area contributed by atoms with Crippen LogP contribution in [0.3, 0.4) is 0 Å². The Hall–Kier alpha value is -1.49. The van der Waals surface area contributed by atoms with E-state index in [0.717, 1.165) is 23.7 Å². The van der Waals surface area contributed by atoms with Gasteiger partial charge in [0.2, 0.25) is 12.3 Å². The van der Waals surface area contributed by atoms with Gasteiger partial charge in [-0.05, 0) is 48.1 Å². The van der Waals surface area contributed by atoms with E-state index >= 15 is 0 Å². The van der Waals surface area contributed by atoms with E-state index < -0.39 is 0 Å². The van der Waals surface area contributed by atoms with Crippen LogP contribution < -0.4 is 5.32 Å². The second kappa shape index (κ2) is 5.44. The first-order chi connectivity index (χ1) is 8.92. The molecule has 1 unspecified atom stereocenters. The highest BCUT2D eigenvalue weighted by Gasteiger charge is 2.14. The molecule has 1 aliphatic rings. The smallest absolute Gasteiger partial charge is 0.247 e. The highest BCUT2D eigenvalue weighted by molar-refractivity contribution is 7.99. The lowest BCUT2D eigenvalue weighted by atomic mass is 10.1. The molecule has 0 radical (unpaired) electrons. The lowest BCUT2D eigenvalue weighted by molar-refractivity contribution is 0.568. The summed E-state index contributed by atoms with van der Waals surface area (Å²) in [6.07, 6.45) is 2.68. The summed E-state index contributed by atoms with van der Waals surface area (Å²) in [5.74, 6) is 3.97. The first-order valence-corrected chi connectivity index (χ1v) is 7.25. The molecule has 1 saturated heterocycles. The van der Waals surface area contributed by atoms with Crippen LogP contribution in [0.1, 0.15) is 6.42 Å². The van der Waals surface area contributed by atoms with Crippen molar-refractivity contribution >= 4 is 17.4 Å². The molecule has 1 atom stereocenters. The zero-order chi connectivity index (χ0) is 12.2. The second-order valence-electron chi connectivity index (χ2n) is 4.43. The predicted octanol–water partition coefficient (Wildman–Crippen LogP) is 2.90. The number of rotatable bonds is 4. The molecule has 2 heterocycles. The van der Waals surface area contributed by atoms with Crippen molar-refractivity contribution < 1.29 is 4.42 Å². The molecular weight excluding hydrogens is 246 g/mol. The van der Waals surface area contributed by atoms with Gasteiger partial charge in [-0.25, -0.2) is 0 Å². The average Bonchev–Trinajstić information content (AvgIpc) is 3.10. The van der Waals surface area contributed by atoms with Crippen LogP contribution in [0.4, 0.5) is 5.69 Å². The fourth-order valence-corrected chi connectivity index (χ4v) is 3.32. The topological polar surface area (TPSA) is 51.0 Å². The number of thioether (sulfide) groups is 1. The van der Waals surface area contributed by atoms with Crippen LogP contribution in [0, 0.1) is 5.92 Å². The van der Waals surface area contributed by atoms with Crippen molar-refractivity contribution in [3.8, 4) is 11.5 Å². The van der Waals surface area contributed by atoms with Gasteiger partial charge in [0.15, 0.2) is 0 Å². The molecule has 0 aliphatic carbocycles. The summed E-state index contributed by atoms with van der Waals surface area (Å²) in [4.78, 5) is 0. The number of aromatic nitrogens is 2. The molecule has 1 aliphatic heterocycles. The Kier molecular flexibility index (Phi) is 3.50. The maximum Gasteiger partial charge on any atom is 0.247 e. The lowest BCUT2D eigenvalue weighted by Gasteiger charge is -2.11. The molecule has 1 aromatic carbocycles. The van der Waals surface area contributed by atoms with E-state index in [2.05, 4.69) is 39.4 Å². The highest BCUT2D eigenvalue weighted by Crippen LogP contribution is 2.24. The van der Waals surface area contributed by atoms with Crippen molar-refractivity contribution in [2.75, 3.05) is 23.4 Å². The van der Waals surface area contributed by atoms with Crippen molar-refractivity contribution in [3.63, 3.8) is 0 Å². The van der Waals surface area contributed by atoms with E-state index in [0.29, 0.717) is 5.89 Å². The van der Waals surface area contributed by atoms with E-state index in [4.69, 9.17) is 4.42 Å². The Balaban J connectivity index is 1.60. The van der Waals surface area contributed by atoms with Crippen molar-refractivity contribution in [2.45, 2.75) is 6.42 Å². The Labute approximate surface area is 110 Å². The fraction of sp³-hybridized carbons (Fsp3) is 0.385. The summed E-state index contributed by atoms with van der Waals surface area (Å²) in [5, 5.41) is 11.0. The summed E-state index contributed by atoms with van der Waals surface area (Å²) in [7, 11) is 0. The highest BCUT2D eigenvalue weighted by atomic mass is 32.2. The van der Waals surface area contributed by atoms with E-state index in [9.17, 15) is 0 Å². The molecule has 5 heteroatoms. The number of anilines is 1. The van der Waals surface area contributed by atoms with E-state index in [1.165, 1.54) is 24.3 Å². The molecule has 1 N–H and O–H groups in total. The van der Waals surface area contributed by atoms with Gasteiger partial charge in [0, 0.05) is 17.8 Å². The van der Waals surface area contributed by atoms with Crippen molar-refractivity contribution in [1.29, 1.82) is 0 Å². The zero-order valence-electron chi connectivity index (χ0n) is 10.0. The minimum Gasteiger partial charge on any atom is -0.423 e. The van der Waals surface area contributed by atoms with Gasteiger partial charge in [0.1, 0.15) is 0 Å². The third-order valence-corrected chi connectivity index (χ3v) is 4.34. The summed E-state index contributed by atoms with van der Waals surface area (Å²) in [6.45, 7) is 1.06. The standard InChI is InChI=1S/C13H15N3OS/c1-3-12(14-7-10-5-6-18-8-10)4-2-11(1)13-16-15-9-17-13/h1-4,9-10,14H,5-8H2. The Morgan fingerprint density at radius 2 is 2.22 bits per heavy atom. The monoisotopic (exact) mass is 261 g/mol. The first kappa shape index (κ1) is 11.6. The molecule has 94 valence electrons. The summed E-state index contributed by atoms with van der Waals surface area (Å²) in [6, 6.07) is 8.11. The van der Waals surface area contributed by atoms with Crippen LogP contribution in [0.2, 0.25) is 0 Å². The molecule has 4 nitrogen and oxygen atoms in total. The number of nitrogens with zero attached hydrogens (tertiary/aromatic N) is 2. The Morgan fingerprint density at radius 1 is 1.33 bits per heavy atom. The summed E-state index contributed by atoms with van der Waals surface area (Å²) < 4.78 is 5.16. The third-order valence-electron chi connectivity index (χ3n) is 3.11. The van der Waals surface area contributed by atoms with Crippen molar-refractivity contribution in [3.05, 3.63) is 30.7 Å². The maximum atomic E-state index is 5.16. The molecule has 18 heavy (non-hydrogen) atoms. The fourth-order valence-electron chi connectivity index (χ4n) is 2.04. The predicted molar refractivity (Wildman–Crippen MR) is 73.7 cm³/mol. The Morgan fingerprint density at radius 3 is 2.89 bits per heavy atom. The third kappa shape index (κ3) is 2.67. The van der Waals surface area contributed by atoms with Gasteiger partial charge >= 0.3 is 0 Å². The average molecular weight is 261 g/mol. The van der Waals surface area contributed by atoms with Gasteiger partial charge < -0.3 is 9.73 Å². The molecule has 1 fully saturated rings. The van der Waals surface area contributed by atoms with Crippen LogP contribution in [0.25, 0.3) is 11.5 Å². The van der Waals surface area contributed by atoms with Gasteiger partial charge in [-0.3, -0.25) is 0 Å². The van der Waals surface area contributed by atoms with E-state index in [1.807, 2.05) is 12.1 Å². The van der Waals surface area contributed by atoms with Crippen molar-refractivity contribution in [2.24, 2.45) is 5.92 Å². The lowest BCUT2D eigenvalue weighted by Crippen LogP contribution is -2.13. The van der Waals surface area contributed by atoms with E-state index in [1.54, 1.807) is 0 Å². The SMILES string of the molecule is c1nnc(-c2ccc(NCC3CCSC3)cc2)o1. The van der Waals surface area contributed by atoms with Gasteiger partial charge in [0.05, 0.1) is 0 Å². The maximum absolute atomic E-state index is 5.16. The van der Waals surface area contributed by atoms with Gasteiger partial charge in [-0.2, -0.15) is 11.8 Å². The number of hydrogen-bond acceptors (Lipinski definition) is 5. The molecular formula is C13H15N3OS. The summed E-state index contributed by atoms with van der Waals surface area (Å²) >= 11 is 2.05. The minimum absolute atomic E-state index is 0.564. The van der Waals surface area contributed by atoms with Gasteiger partial charge in [-0.1, -0.05) is 0 Å². The van der Waals surface area contributed by atoms with Gasteiger partial charge in [-0.15, -0.1) is 10.2 Å². The molecule has 0 amide bonds. The number of hydrogen-bond donors (Lipinski definition) is 1. The van der Waals surface area contributed by atoms with E-state index in [-0.39, 0.29) is 0 Å². The normalized spacial score (nSPS) is 19.0. The van der Waals surface area contributed by atoms with Crippen LogP contribution in [-0.4, -0.2) is 28.2 Å². The first-order valence-electron chi connectivity index (χ1n) is 6.10. The second-order valence-corrected chi connectivity index (χ2v) is 5.58. The van der Waals surface area contributed by atoms with Gasteiger partial charge in [0.25, 0.3) is 0 Å². The molecule has 3 rings (SSSR count). The molecule has 1 aromatic heterocycles. The molecule has 0 spiro atoms. The van der Waals surface area contributed by atoms with Crippen molar-refractivity contribution in [1.82, 2.24) is 10.2 Å². The largest absolute Gasteiger partial charge is 0.423 e. The van der Waals surface area contributed by atoms with Crippen LogP contribution in [-0.2, 0) is 0 Å². The molecule has 0 saturated carbocycles.